The SMILES string of the molecule is CSCC[C@@H](NC(=O)c1sc(-n2cccc2)nc1C)c1nnc2ccccn12. The average molecular weight is 413 g/mol. The zero-order valence-electron chi connectivity index (χ0n) is 15.6. The van der Waals surface area contributed by atoms with Crippen LogP contribution in [0.2, 0.25) is 0 Å². The van der Waals surface area contributed by atoms with Crippen molar-refractivity contribution in [1.29, 1.82) is 0 Å². The quantitative estimate of drug-likeness (QED) is 0.503. The van der Waals surface area contributed by atoms with Crippen molar-refractivity contribution in [1.82, 2.24) is 29.5 Å². The topological polar surface area (TPSA) is 77.1 Å². The molecule has 0 aliphatic carbocycles. The molecule has 0 aromatic carbocycles. The van der Waals surface area contributed by atoms with Crippen molar-refractivity contribution in [3.63, 3.8) is 0 Å². The third-order valence-electron chi connectivity index (χ3n) is 4.38. The predicted octanol–water partition coefficient (Wildman–Crippen LogP) is 3.51. The van der Waals surface area contributed by atoms with Gasteiger partial charge < -0.3 is 9.88 Å². The van der Waals surface area contributed by atoms with Gasteiger partial charge in [-0.3, -0.25) is 9.20 Å². The van der Waals surface area contributed by atoms with Gasteiger partial charge in [0.15, 0.2) is 16.6 Å². The molecule has 0 aliphatic rings. The molecular weight excluding hydrogens is 392 g/mol. The summed E-state index contributed by atoms with van der Waals surface area (Å²) in [6.45, 7) is 1.86. The van der Waals surface area contributed by atoms with Gasteiger partial charge >= 0.3 is 0 Å². The molecule has 0 aliphatic heterocycles. The lowest BCUT2D eigenvalue weighted by atomic mass is 10.2. The largest absolute Gasteiger partial charge is 0.341 e. The summed E-state index contributed by atoms with van der Waals surface area (Å²) in [6.07, 6.45) is 8.58. The van der Waals surface area contributed by atoms with Crippen LogP contribution in [0, 0.1) is 6.92 Å². The number of hydrogen-bond donors (Lipinski definition) is 1. The molecule has 7 nitrogen and oxygen atoms in total. The molecule has 0 spiro atoms. The Labute approximate surface area is 170 Å². The third kappa shape index (κ3) is 3.67. The van der Waals surface area contributed by atoms with Gasteiger partial charge in [-0.25, -0.2) is 4.98 Å². The molecule has 1 N–H and O–H groups in total. The number of nitrogens with one attached hydrogen (secondary N) is 1. The number of aryl methyl sites for hydroxylation is 1. The van der Waals surface area contributed by atoms with Gasteiger partial charge in [0.05, 0.1) is 11.7 Å². The number of fused-ring (bicyclic) bond motifs is 1. The number of nitrogens with zero attached hydrogens (tertiary/aromatic N) is 5. The lowest BCUT2D eigenvalue weighted by Gasteiger charge is -2.16. The van der Waals surface area contributed by atoms with E-state index in [-0.39, 0.29) is 11.9 Å². The number of amides is 1. The summed E-state index contributed by atoms with van der Waals surface area (Å²) in [5, 5.41) is 12.5. The number of thiazole rings is 1. The molecule has 0 saturated carbocycles. The summed E-state index contributed by atoms with van der Waals surface area (Å²) >= 11 is 3.12. The number of aromatic nitrogens is 5. The van der Waals surface area contributed by atoms with Crippen LogP contribution in [-0.2, 0) is 0 Å². The molecule has 1 amide bonds. The Bertz CT molecular complexity index is 1090. The molecule has 0 fully saturated rings. The van der Waals surface area contributed by atoms with E-state index in [1.165, 1.54) is 11.3 Å². The molecule has 0 radical (unpaired) electrons. The highest BCUT2D eigenvalue weighted by Crippen LogP contribution is 2.24. The van der Waals surface area contributed by atoms with Crippen molar-refractivity contribution >= 4 is 34.7 Å². The predicted molar refractivity (Wildman–Crippen MR) is 112 cm³/mol. The maximum absolute atomic E-state index is 13.0. The van der Waals surface area contributed by atoms with Crippen LogP contribution in [0.3, 0.4) is 0 Å². The number of hydrogen-bond acceptors (Lipinski definition) is 6. The van der Waals surface area contributed by atoms with Gasteiger partial charge in [-0.2, -0.15) is 11.8 Å². The second-order valence-electron chi connectivity index (χ2n) is 6.30. The van der Waals surface area contributed by atoms with Crippen molar-refractivity contribution in [2.75, 3.05) is 12.0 Å². The second kappa shape index (κ2) is 8.15. The Kier molecular flexibility index (Phi) is 5.45. The standard InChI is InChI=1S/C19H20N6OS2/c1-13-16(28-19(20-13)24-9-5-6-10-24)18(26)21-14(8-12-27-2)17-23-22-15-7-3-4-11-25(15)17/h3-7,9-11,14H,8,12H2,1-2H3,(H,21,26)/t14-/m1/s1. The van der Waals surface area contributed by atoms with Crippen LogP contribution in [0.25, 0.3) is 10.8 Å². The Morgan fingerprint density at radius 2 is 2.00 bits per heavy atom. The maximum Gasteiger partial charge on any atom is 0.263 e. The minimum atomic E-state index is -0.228. The molecule has 4 heterocycles. The van der Waals surface area contributed by atoms with E-state index in [1.54, 1.807) is 11.8 Å². The normalized spacial score (nSPS) is 12.4. The van der Waals surface area contributed by atoms with Gasteiger partial charge in [-0.15, -0.1) is 10.2 Å². The van der Waals surface area contributed by atoms with Gasteiger partial charge in [0.1, 0.15) is 4.88 Å². The molecule has 4 aromatic heterocycles. The minimum Gasteiger partial charge on any atom is -0.341 e. The number of carbonyl (C=O) groups excluding carboxylic acids is 1. The summed E-state index contributed by atoms with van der Waals surface area (Å²) < 4.78 is 3.84. The number of pyridine rings is 1. The molecule has 0 bridgehead atoms. The van der Waals surface area contributed by atoms with Crippen molar-refractivity contribution in [3.05, 3.63) is 65.3 Å². The van der Waals surface area contributed by atoms with Crippen LogP contribution in [0.1, 0.15) is 33.7 Å². The first-order chi connectivity index (χ1) is 13.7. The van der Waals surface area contributed by atoms with Crippen LogP contribution in [0.15, 0.2) is 48.9 Å². The number of carbonyl (C=O) groups is 1. The van der Waals surface area contributed by atoms with Gasteiger partial charge in [-0.1, -0.05) is 17.4 Å². The van der Waals surface area contributed by atoms with E-state index in [0.717, 1.165) is 34.5 Å². The molecule has 0 saturated heterocycles. The summed E-state index contributed by atoms with van der Waals surface area (Å²) in [4.78, 5) is 18.2. The van der Waals surface area contributed by atoms with Gasteiger partial charge in [0, 0.05) is 18.6 Å². The molecular formula is C19H20N6OS2. The van der Waals surface area contributed by atoms with Gasteiger partial charge in [0.2, 0.25) is 0 Å². The van der Waals surface area contributed by atoms with Gasteiger partial charge in [0.25, 0.3) is 5.91 Å². The third-order valence-corrected chi connectivity index (χ3v) is 6.20. The maximum atomic E-state index is 13.0. The Morgan fingerprint density at radius 3 is 2.79 bits per heavy atom. The van der Waals surface area contributed by atoms with E-state index >= 15 is 0 Å². The van der Waals surface area contributed by atoms with E-state index in [4.69, 9.17) is 0 Å². The second-order valence-corrected chi connectivity index (χ2v) is 8.26. The van der Waals surface area contributed by atoms with E-state index in [2.05, 4.69) is 26.8 Å². The summed E-state index contributed by atoms with van der Waals surface area (Å²) in [5.41, 5.74) is 1.49. The highest BCUT2D eigenvalue weighted by atomic mass is 32.2. The molecule has 28 heavy (non-hydrogen) atoms. The highest BCUT2D eigenvalue weighted by Gasteiger charge is 2.23. The summed E-state index contributed by atoms with van der Waals surface area (Å²) in [6, 6.07) is 9.41. The Morgan fingerprint density at radius 1 is 1.21 bits per heavy atom. The van der Waals surface area contributed by atoms with E-state index in [0.29, 0.717) is 4.88 Å². The monoisotopic (exact) mass is 412 g/mol. The fourth-order valence-corrected chi connectivity index (χ4v) is 4.40. The zero-order valence-corrected chi connectivity index (χ0v) is 17.2. The minimum absolute atomic E-state index is 0.132. The molecule has 144 valence electrons. The van der Waals surface area contributed by atoms with E-state index < -0.39 is 0 Å². The number of thioether (sulfide) groups is 1. The smallest absolute Gasteiger partial charge is 0.263 e. The summed E-state index contributed by atoms with van der Waals surface area (Å²) in [5.74, 6) is 1.51. The molecule has 1 atom stereocenters. The first-order valence-corrected chi connectivity index (χ1v) is 11.1. The van der Waals surface area contributed by atoms with Crippen molar-refractivity contribution < 1.29 is 4.79 Å². The fraction of sp³-hybridized carbons (Fsp3) is 0.263. The van der Waals surface area contributed by atoms with E-state index in [1.807, 2.05) is 64.8 Å². The zero-order chi connectivity index (χ0) is 19.5. The first kappa shape index (κ1) is 18.7. The molecule has 0 unspecified atom stereocenters. The van der Waals surface area contributed by atoms with E-state index in [9.17, 15) is 4.79 Å². The Hall–Kier alpha value is -2.65. The first-order valence-electron chi connectivity index (χ1n) is 8.87. The fourth-order valence-electron chi connectivity index (χ4n) is 2.99. The van der Waals surface area contributed by atoms with Crippen LogP contribution in [-0.4, -0.2) is 42.1 Å². The summed E-state index contributed by atoms with van der Waals surface area (Å²) in [7, 11) is 0. The highest BCUT2D eigenvalue weighted by molar-refractivity contribution is 7.98. The molecule has 4 rings (SSSR count). The van der Waals surface area contributed by atoms with Crippen molar-refractivity contribution in [3.8, 4) is 5.13 Å². The average Bonchev–Trinajstić information content (AvgIpc) is 3.44. The van der Waals surface area contributed by atoms with Crippen LogP contribution >= 0.6 is 23.1 Å². The lowest BCUT2D eigenvalue weighted by Crippen LogP contribution is -2.30. The molecule has 9 heteroatoms. The lowest BCUT2D eigenvalue weighted by molar-refractivity contribution is 0.0937. The van der Waals surface area contributed by atoms with Crippen molar-refractivity contribution in [2.45, 2.75) is 19.4 Å². The Balaban J connectivity index is 1.61. The van der Waals surface area contributed by atoms with Crippen LogP contribution in [0.5, 0.6) is 0 Å². The molecule has 4 aromatic rings. The van der Waals surface area contributed by atoms with Crippen LogP contribution < -0.4 is 5.32 Å². The van der Waals surface area contributed by atoms with Gasteiger partial charge in [-0.05, 0) is 49.6 Å². The van der Waals surface area contributed by atoms with Crippen LogP contribution in [0.4, 0.5) is 0 Å². The number of rotatable bonds is 7. The van der Waals surface area contributed by atoms with Crippen molar-refractivity contribution in [2.24, 2.45) is 0 Å².